The second-order valence-corrected chi connectivity index (χ2v) is 3.89. The van der Waals surface area contributed by atoms with Crippen LogP contribution in [0.5, 0.6) is 11.5 Å². The zero-order valence-electron chi connectivity index (χ0n) is 10.4. The molecular formula is C12H16N2O4. The van der Waals surface area contributed by atoms with E-state index in [-0.39, 0.29) is 5.91 Å². The molecule has 0 spiro atoms. The van der Waals surface area contributed by atoms with Crippen molar-refractivity contribution in [3.8, 4) is 11.5 Å². The van der Waals surface area contributed by atoms with Crippen molar-refractivity contribution in [3.05, 3.63) is 17.7 Å². The summed E-state index contributed by atoms with van der Waals surface area (Å²) in [6.07, 6.45) is 0.832. The van der Waals surface area contributed by atoms with Crippen LogP contribution >= 0.6 is 0 Å². The number of amides is 1. The van der Waals surface area contributed by atoms with Crippen LogP contribution in [-0.4, -0.2) is 38.3 Å². The molecule has 18 heavy (non-hydrogen) atoms. The molecule has 1 aromatic rings. The third-order valence-corrected chi connectivity index (χ3v) is 2.77. The van der Waals surface area contributed by atoms with E-state index in [9.17, 15) is 4.79 Å². The summed E-state index contributed by atoms with van der Waals surface area (Å²) in [5.74, 6) is 0.703. The van der Waals surface area contributed by atoms with Crippen LogP contribution < -0.4 is 15.2 Å². The fourth-order valence-corrected chi connectivity index (χ4v) is 1.82. The molecule has 1 aromatic carbocycles. The summed E-state index contributed by atoms with van der Waals surface area (Å²) in [5.41, 5.74) is 6.55. The van der Waals surface area contributed by atoms with E-state index >= 15 is 0 Å². The predicted octanol–water partition coefficient (Wildman–Crippen LogP) is 1.06. The molecule has 1 amide bonds. The van der Waals surface area contributed by atoms with Crippen LogP contribution in [0.2, 0.25) is 0 Å². The minimum absolute atomic E-state index is 0.258. The van der Waals surface area contributed by atoms with Crippen molar-refractivity contribution in [2.45, 2.75) is 6.42 Å². The number of nitrogens with two attached hydrogens (primary N) is 1. The molecule has 6 nitrogen and oxygen atoms in total. The quantitative estimate of drug-likeness (QED) is 0.814. The van der Waals surface area contributed by atoms with Gasteiger partial charge in [-0.1, -0.05) is 0 Å². The molecule has 0 aromatic heterocycles. The van der Waals surface area contributed by atoms with E-state index in [1.807, 2.05) is 0 Å². The van der Waals surface area contributed by atoms with E-state index < -0.39 is 0 Å². The van der Waals surface area contributed by atoms with E-state index in [2.05, 4.69) is 0 Å². The summed E-state index contributed by atoms with van der Waals surface area (Å²) in [6.45, 7) is 1.13. The standard InChI is InChI=1S/C12H16N2O4/c1-16-10-6-8(9(13)7-11(10)17-2)12(15)14-4-3-5-18-14/h6-7H,3-5,13H2,1-2H3. The highest BCUT2D eigenvalue weighted by molar-refractivity contribution is 5.99. The molecule has 2 rings (SSSR count). The Hall–Kier alpha value is -1.95. The number of hydrogen-bond acceptors (Lipinski definition) is 5. The number of nitrogen functional groups attached to an aromatic ring is 1. The van der Waals surface area contributed by atoms with Crippen molar-refractivity contribution < 1.29 is 19.1 Å². The van der Waals surface area contributed by atoms with Gasteiger partial charge in [0.15, 0.2) is 11.5 Å². The number of methoxy groups -OCH3 is 2. The van der Waals surface area contributed by atoms with Gasteiger partial charge in [0, 0.05) is 11.8 Å². The number of benzene rings is 1. The molecule has 0 bridgehead atoms. The van der Waals surface area contributed by atoms with Crippen LogP contribution in [0.15, 0.2) is 12.1 Å². The molecule has 98 valence electrons. The number of nitrogens with zero attached hydrogens (tertiary/aromatic N) is 1. The van der Waals surface area contributed by atoms with Crippen LogP contribution in [0.3, 0.4) is 0 Å². The maximum Gasteiger partial charge on any atom is 0.279 e. The Morgan fingerprint density at radius 3 is 2.56 bits per heavy atom. The van der Waals surface area contributed by atoms with E-state index in [1.165, 1.54) is 19.3 Å². The van der Waals surface area contributed by atoms with E-state index in [4.69, 9.17) is 20.0 Å². The SMILES string of the molecule is COc1cc(N)c(C(=O)N2CCCO2)cc1OC. The average molecular weight is 252 g/mol. The topological polar surface area (TPSA) is 74.0 Å². The molecule has 0 radical (unpaired) electrons. The van der Waals surface area contributed by atoms with Crippen molar-refractivity contribution in [2.24, 2.45) is 0 Å². The monoisotopic (exact) mass is 252 g/mol. The Labute approximate surface area is 105 Å². The Morgan fingerprint density at radius 2 is 2.00 bits per heavy atom. The third-order valence-electron chi connectivity index (χ3n) is 2.77. The van der Waals surface area contributed by atoms with Gasteiger partial charge >= 0.3 is 0 Å². The van der Waals surface area contributed by atoms with Crippen molar-refractivity contribution in [1.29, 1.82) is 0 Å². The first-order chi connectivity index (χ1) is 8.67. The van der Waals surface area contributed by atoms with Gasteiger partial charge in [-0.2, -0.15) is 0 Å². The summed E-state index contributed by atoms with van der Waals surface area (Å²) in [7, 11) is 3.02. The molecule has 0 atom stereocenters. The van der Waals surface area contributed by atoms with Crippen molar-refractivity contribution in [1.82, 2.24) is 5.06 Å². The largest absolute Gasteiger partial charge is 0.493 e. The van der Waals surface area contributed by atoms with Gasteiger partial charge in [0.25, 0.3) is 5.91 Å². The van der Waals surface area contributed by atoms with Crippen LogP contribution in [0.4, 0.5) is 5.69 Å². The minimum atomic E-state index is -0.258. The maximum atomic E-state index is 12.2. The molecule has 0 unspecified atom stereocenters. The van der Waals surface area contributed by atoms with Gasteiger partial charge in [-0.15, -0.1) is 0 Å². The van der Waals surface area contributed by atoms with Crippen molar-refractivity contribution in [3.63, 3.8) is 0 Å². The van der Waals surface area contributed by atoms with Crippen LogP contribution in [0, 0.1) is 0 Å². The number of rotatable bonds is 3. The molecule has 1 aliphatic rings. The molecule has 1 saturated heterocycles. The van der Waals surface area contributed by atoms with Crippen molar-refractivity contribution in [2.75, 3.05) is 33.1 Å². The summed E-state index contributed by atoms with van der Waals surface area (Å²) in [6, 6.07) is 3.14. The lowest BCUT2D eigenvalue weighted by atomic mass is 10.1. The Kier molecular flexibility index (Phi) is 3.57. The number of ether oxygens (including phenoxy) is 2. The van der Waals surface area contributed by atoms with E-state index in [0.717, 1.165) is 6.42 Å². The third kappa shape index (κ3) is 2.19. The number of carbonyl (C=O) groups excluding carboxylic acids is 1. The van der Waals surface area contributed by atoms with Gasteiger partial charge in [-0.3, -0.25) is 9.63 Å². The molecule has 0 aliphatic carbocycles. The Balaban J connectivity index is 2.34. The predicted molar refractivity (Wildman–Crippen MR) is 65.6 cm³/mol. The van der Waals surface area contributed by atoms with Crippen LogP contribution in [-0.2, 0) is 4.84 Å². The zero-order chi connectivity index (χ0) is 13.1. The molecular weight excluding hydrogens is 236 g/mol. The molecule has 1 aliphatic heterocycles. The first kappa shape index (κ1) is 12.5. The van der Waals surface area contributed by atoms with Gasteiger partial charge in [0.2, 0.25) is 0 Å². The van der Waals surface area contributed by atoms with E-state index in [1.54, 1.807) is 12.1 Å². The number of carbonyl (C=O) groups is 1. The zero-order valence-corrected chi connectivity index (χ0v) is 10.4. The lowest BCUT2D eigenvalue weighted by Crippen LogP contribution is -2.27. The maximum absolute atomic E-state index is 12.2. The average Bonchev–Trinajstić information content (AvgIpc) is 2.91. The van der Waals surface area contributed by atoms with Gasteiger partial charge in [-0.05, 0) is 12.5 Å². The fourth-order valence-electron chi connectivity index (χ4n) is 1.82. The van der Waals surface area contributed by atoms with Crippen molar-refractivity contribution >= 4 is 11.6 Å². The molecule has 0 saturated carbocycles. The van der Waals surface area contributed by atoms with Crippen LogP contribution in [0.25, 0.3) is 0 Å². The molecule has 6 heteroatoms. The normalized spacial score (nSPS) is 14.7. The smallest absolute Gasteiger partial charge is 0.279 e. The summed E-state index contributed by atoms with van der Waals surface area (Å²) in [4.78, 5) is 17.4. The highest BCUT2D eigenvalue weighted by Crippen LogP contribution is 2.32. The van der Waals surface area contributed by atoms with Gasteiger partial charge < -0.3 is 15.2 Å². The summed E-state index contributed by atoms with van der Waals surface area (Å²) in [5, 5.41) is 1.32. The highest BCUT2D eigenvalue weighted by atomic mass is 16.7. The van der Waals surface area contributed by atoms with Gasteiger partial charge in [-0.25, -0.2) is 5.06 Å². The highest BCUT2D eigenvalue weighted by Gasteiger charge is 2.24. The van der Waals surface area contributed by atoms with Gasteiger partial charge in [0.05, 0.1) is 32.9 Å². The lowest BCUT2D eigenvalue weighted by Gasteiger charge is -2.17. The second kappa shape index (κ2) is 5.14. The minimum Gasteiger partial charge on any atom is -0.493 e. The summed E-state index contributed by atoms with van der Waals surface area (Å²) >= 11 is 0. The molecule has 2 N–H and O–H groups in total. The van der Waals surface area contributed by atoms with Crippen LogP contribution in [0.1, 0.15) is 16.8 Å². The second-order valence-electron chi connectivity index (χ2n) is 3.89. The lowest BCUT2D eigenvalue weighted by molar-refractivity contribution is -0.0767. The number of hydrogen-bond donors (Lipinski definition) is 1. The molecule has 1 fully saturated rings. The first-order valence-corrected chi connectivity index (χ1v) is 5.63. The Morgan fingerprint density at radius 1 is 1.33 bits per heavy atom. The summed E-state index contributed by atoms with van der Waals surface area (Å²) < 4.78 is 10.3. The fraction of sp³-hybridized carbons (Fsp3) is 0.417. The first-order valence-electron chi connectivity index (χ1n) is 5.63. The Bertz CT molecular complexity index is 456. The van der Waals surface area contributed by atoms with E-state index in [0.29, 0.717) is 35.9 Å². The molecule has 1 heterocycles. The number of hydroxylamine groups is 2. The van der Waals surface area contributed by atoms with Gasteiger partial charge in [0.1, 0.15) is 0 Å². The number of anilines is 1.